The fourth-order valence-corrected chi connectivity index (χ4v) is 3.54. The summed E-state index contributed by atoms with van der Waals surface area (Å²) in [7, 11) is 0. The Labute approximate surface area is 157 Å². The van der Waals surface area contributed by atoms with Gasteiger partial charge in [-0.05, 0) is 37.3 Å². The molecule has 1 aromatic rings. The molecular formula is C20H34N4O2. The van der Waals surface area contributed by atoms with Crippen LogP contribution in [-0.4, -0.2) is 74.8 Å². The van der Waals surface area contributed by atoms with Crippen LogP contribution < -0.4 is 5.32 Å². The second-order valence-corrected chi connectivity index (χ2v) is 7.44. The molecule has 0 amide bonds. The number of nitrogens with zero attached hydrogens (tertiary/aromatic N) is 3. The van der Waals surface area contributed by atoms with Crippen molar-refractivity contribution in [2.75, 3.05) is 59.0 Å². The molecule has 0 bridgehead atoms. The molecule has 3 heterocycles. The maximum atomic E-state index is 5.43. The molecular weight excluding hydrogens is 328 g/mol. The van der Waals surface area contributed by atoms with Crippen LogP contribution in [0.1, 0.15) is 31.9 Å². The van der Waals surface area contributed by atoms with Crippen LogP contribution in [-0.2, 0) is 11.2 Å². The molecule has 0 aliphatic carbocycles. The molecule has 0 aromatic carbocycles. The van der Waals surface area contributed by atoms with E-state index in [2.05, 4.69) is 22.0 Å². The third-order valence-electron chi connectivity index (χ3n) is 5.32. The lowest BCUT2D eigenvalue weighted by Crippen LogP contribution is -2.46. The van der Waals surface area contributed by atoms with E-state index in [4.69, 9.17) is 14.1 Å². The summed E-state index contributed by atoms with van der Waals surface area (Å²) in [6, 6.07) is 3.98. The molecule has 0 radical (unpaired) electrons. The minimum absolute atomic E-state index is 0.830. The third kappa shape index (κ3) is 6.32. The van der Waals surface area contributed by atoms with Gasteiger partial charge >= 0.3 is 0 Å². The topological polar surface area (TPSA) is 53.2 Å². The lowest BCUT2D eigenvalue weighted by molar-refractivity contribution is 0.0377. The van der Waals surface area contributed by atoms with Crippen LogP contribution in [0.5, 0.6) is 0 Å². The highest BCUT2D eigenvalue weighted by Crippen LogP contribution is 2.16. The van der Waals surface area contributed by atoms with Crippen LogP contribution in [0, 0.1) is 5.92 Å². The first-order valence-corrected chi connectivity index (χ1v) is 10.2. The van der Waals surface area contributed by atoms with Gasteiger partial charge in [-0.2, -0.15) is 0 Å². The second kappa shape index (κ2) is 10.6. The fourth-order valence-electron chi connectivity index (χ4n) is 3.54. The zero-order valence-electron chi connectivity index (χ0n) is 16.2. The Balaban J connectivity index is 1.45. The highest BCUT2D eigenvalue weighted by Gasteiger charge is 2.18. The van der Waals surface area contributed by atoms with Gasteiger partial charge < -0.3 is 19.4 Å². The van der Waals surface area contributed by atoms with Gasteiger partial charge in [-0.1, -0.05) is 6.92 Å². The van der Waals surface area contributed by atoms with Crippen molar-refractivity contribution in [1.29, 1.82) is 0 Å². The van der Waals surface area contributed by atoms with E-state index in [1.54, 1.807) is 6.26 Å². The van der Waals surface area contributed by atoms with Crippen molar-refractivity contribution in [1.82, 2.24) is 15.1 Å². The molecule has 3 rings (SSSR count). The lowest BCUT2D eigenvalue weighted by Gasteiger charge is -2.33. The number of ether oxygens (including phenoxy) is 1. The summed E-state index contributed by atoms with van der Waals surface area (Å²) < 4.78 is 10.8. The van der Waals surface area contributed by atoms with Gasteiger partial charge in [-0.3, -0.25) is 9.89 Å². The first-order chi connectivity index (χ1) is 12.8. The zero-order valence-corrected chi connectivity index (χ0v) is 16.2. The quantitative estimate of drug-likeness (QED) is 0.458. The fraction of sp³-hybridized carbons (Fsp3) is 0.750. The standard InChI is InChI=1S/C20H34N4O2/c1-18-6-11-24(12-7-18)20(22-9-5-19-4-2-15-26-19)21-8-3-10-23-13-16-25-17-14-23/h2,4,15,18H,3,5-14,16-17H2,1H3,(H,21,22). The monoisotopic (exact) mass is 362 g/mol. The predicted octanol–water partition coefficient (Wildman–Crippen LogP) is 2.22. The molecule has 1 aromatic heterocycles. The molecule has 1 N–H and O–H groups in total. The number of aliphatic imine (C=N–C) groups is 1. The highest BCUT2D eigenvalue weighted by molar-refractivity contribution is 5.80. The second-order valence-electron chi connectivity index (χ2n) is 7.44. The molecule has 0 saturated carbocycles. The number of hydrogen-bond acceptors (Lipinski definition) is 4. The van der Waals surface area contributed by atoms with Crippen LogP contribution >= 0.6 is 0 Å². The van der Waals surface area contributed by atoms with Crippen LogP contribution in [0.4, 0.5) is 0 Å². The van der Waals surface area contributed by atoms with Crippen molar-refractivity contribution in [2.45, 2.75) is 32.6 Å². The maximum absolute atomic E-state index is 5.43. The molecule has 0 spiro atoms. The Kier molecular flexibility index (Phi) is 7.83. The van der Waals surface area contributed by atoms with Crippen LogP contribution in [0.3, 0.4) is 0 Å². The van der Waals surface area contributed by atoms with Crippen molar-refractivity contribution in [2.24, 2.45) is 10.9 Å². The number of furan rings is 1. The van der Waals surface area contributed by atoms with Gasteiger partial charge in [0.05, 0.1) is 19.5 Å². The van der Waals surface area contributed by atoms with Crippen molar-refractivity contribution in [3.05, 3.63) is 24.2 Å². The van der Waals surface area contributed by atoms with E-state index in [1.807, 2.05) is 12.1 Å². The Hall–Kier alpha value is -1.53. The first-order valence-electron chi connectivity index (χ1n) is 10.2. The Bertz CT molecular complexity index is 518. The van der Waals surface area contributed by atoms with E-state index < -0.39 is 0 Å². The molecule has 2 fully saturated rings. The van der Waals surface area contributed by atoms with Crippen molar-refractivity contribution in [3.63, 3.8) is 0 Å². The SMILES string of the molecule is CC1CCN(C(=NCCCN2CCOCC2)NCCc2ccco2)CC1. The molecule has 0 unspecified atom stereocenters. The average Bonchev–Trinajstić information content (AvgIpc) is 3.19. The summed E-state index contributed by atoms with van der Waals surface area (Å²) in [5.41, 5.74) is 0. The van der Waals surface area contributed by atoms with Gasteiger partial charge in [0, 0.05) is 52.2 Å². The molecule has 6 heteroatoms. The molecule has 2 aliphatic heterocycles. The van der Waals surface area contributed by atoms with E-state index in [0.29, 0.717) is 0 Å². The van der Waals surface area contributed by atoms with Crippen molar-refractivity contribution in [3.8, 4) is 0 Å². The number of piperidine rings is 1. The number of likely N-dealkylation sites (tertiary alicyclic amines) is 1. The summed E-state index contributed by atoms with van der Waals surface area (Å²) in [6.07, 6.45) is 6.25. The number of morpholine rings is 1. The molecule has 6 nitrogen and oxygen atoms in total. The summed E-state index contributed by atoms with van der Waals surface area (Å²) in [5.74, 6) is 2.93. The lowest BCUT2D eigenvalue weighted by atomic mass is 9.99. The minimum Gasteiger partial charge on any atom is -0.469 e. The van der Waals surface area contributed by atoms with Crippen molar-refractivity contribution < 1.29 is 9.15 Å². The van der Waals surface area contributed by atoms with Crippen molar-refractivity contribution >= 4 is 5.96 Å². The molecule has 0 atom stereocenters. The summed E-state index contributed by atoms with van der Waals surface area (Å²) in [6.45, 7) is 11.3. The summed E-state index contributed by atoms with van der Waals surface area (Å²) >= 11 is 0. The van der Waals surface area contributed by atoms with E-state index >= 15 is 0 Å². The predicted molar refractivity (Wildman–Crippen MR) is 105 cm³/mol. The van der Waals surface area contributed by atoms with Gasteiger partial charge in [-0.25, -0.2) is 0 Å². The smallest absolute Gasteiger partial charge is 0.193 e. The van der Waals surface area contributed by atoms with E-state index in [9.17, 15) is 0 Å². The number of guanidine groups is 1. The largest absolute Gasteiger partial charge is 0.469 e. The van der Waals surface area contributed by atoms with Gasteiger partial charge in [0.15, 0.2) is 5.96 Å². The number of rotatable bonds is 7. The highest BCUT2D eigenvalue weighted by atomic mass is 16.5. The van der Waals surface area contributed by atoms with Crippen LogP contribution in [0.15, 0.2) is 27.8 Å². The van der Waals surface area contributed by atoms with E-state index in [0.717, 1.165) is 89.5 Å². The number of nitrogens with one attached hydrogen (secondary N) is 1. The van der Waals surface area contributed by atoms with Gasteiger partial charge in [0.2, 0.25) is 0 Å². The molecule has 2 saturated heterocycles. The third-order valence-corrected chi connectivity index (χ3v) is 5.32. The van der Waals surface area contributed by atoms with Gasteiger partial charge in [0.1, 0.15) is 5.76 Å². The number of hydrogen-bond donors (Lipinski definition) is 1. The zero-order chi connectivity index (χ0) is 18.0. The summed E-state index contributed by atoms with van der Waals surface area (Å²) in [4.78, 5) is 9.82. The van der Waals surface area contributed by atoms with Gasteiger partial charge in [-0.15, -0.1) is 0 Å². The summed E-state index contributed by atoms with van der Waals surface area (Å²) in [5, 5.41) is 3.56. The van der Waals surface area contributed by atoms with Gasteiger partial charge in [0.25, 0.3) is 0 Å². The molecule has 2 aliphatic rings. The Morgan fingerprint density at radius 1 is 1.23 bits per heavy atom. The van der Waals surface area contributed by atoms with Crippen LogP contribution in [0.25, 0.3) is 0 Å². The average molecular weight is 363 g/mol. The normalized spacial score (nSPS) is 20.5. The Morgan fingerprint density at radius 2 is 2.04 bits per heavy atom. The van der Waals surface area contributed by atoms with E-state index in [-0.39, 0.29) is 0 Å². The minimum atomic E-state index is 0.830. The maximum Gasteiger partial charge on any atom is 0.193 e. The Morgan fingerprint density at radius 3 is 2.77 bits per heavy atom. The molecule has 146 valence electrons. The van der Waals surface area contributed by atoms with E-state index in [1.165, 1.54) is 12.8 Å². The van der Waals surface area contributed by atoms with Crippen LogP contribution in [0.2, 0.25) is 0 Å². The molecule has 26 heavy (non-hydrogen) atoms. The first kappa shape index (κ1) is 19.2.